The number of aromatic nitrogens is 1. The predicted octanol–water partition coefficient (Wildman–Crippen LogP) is 5.91. The van der Waals surface area contributed by atoms with Crippen molar-refractivity contribution in [2.24, 2.45) is 7.05 Å². The summed E-state index contributed by atoms with van der Waals surface area (Å²) < 4.78 is 27.8. The van der Waals surface area contributed by atoms with Crippen LogP contribution in [0.1, 0.15) is 57.9 Å². The van der Waals surface area contributed by atoms with Crippen LogP contribution in [0.3, 0.4) is 0 Å². The normalized spacial score (nSPS) is 18.2. The van der Waals surface area contributed by atoms with Gasteiger partial charge in [0.2, 0.25) is 5.69 Å². The number of rotatable bonds is 2. The zero-order valence-corrected chi connectivity index (χ0v) is 15.7. The zero-order valence-electron chi connectivity index (χ0n) is 18.7. The fourth-order valence-corrected chi connectivity index (χ4v) is 4.16. The Balaban J connectivity index is 2.05. The highest BCUT2D eigenvalue weighted by Crippen LogP contribution is 2.37. The van der Waals surface area contributed by atoms with E-state index >= 15 is 0 Å². The number of aryl methyl sites for hydroxylation is 2. The van der Waals surface area contributed by atoms with E-state index in [1.54, 1.807) is 0 Å². The molecule has 1 aromatic heterocycles. The first kappa shape index (κ1) is 13.1. The molecule has 128 valence electrons. The van der Waals surface area contributed by atoms with Crippen LogP contribution >= 0.6 is 0 Å². The van der Waals surface area contributed by atoms with Crippen molar-refractivity contribution in [2.45, 2.75) is 52.3 Å². The third-order valence-electron chi connectivity index (χ3n) is 5.65. The maximum Gasteiger partial charge on any atom is 0.220 e. The first-order valence-electron chi connectivity index (χ1n) is 10.7. The van der Waals surface area contributed by atoms with Gasteiger partial charge in [-0.3, -0.25) is 0 Å². The molecule has 1 nitrogen and oxygen atoms in total. The predicted molar refractivity (Wildman–Crippen MR) is 106 cm³/mol. The summed E-state index contributed by atoms with van der Waals surface area (Å²) in [6, 6.07) is 10.8. The van der Waals surface area contributed by atoms with Crippen LogP contribution in [-0.4, -0.2) is 0 Å². The van der Waals surface area contributed by atoms with Crippen LogP contribution in [0.25, 0.3) is 22.0 Å². The summed E-state index contributed by atoms with van der Waals surface area (Å²) in [5, 5.41) is 1.77. The highest BCUT2D eigenvalue weighted by molar-refractivity contribution is 5.94. The van der Waals surface area contributed by atoms with Crippen LogP contribution in [0.5, 0.6) is 0 Å². The Kier molecular flexibility index (Phi) is 3.30. The highest BCUT2D eigenvalue weighted by Gasteiger charge is 2.21. The first-order valence-corrected chi connectivity index (χ1v) is 9.24. The largest absolute Gasteiger partial charge is 0.220 e. The molecule has 25 heavy (non-hydrogen) atoms. The van der Waals surface area contributed by atoms with Crippen molar-refractivity contribution in [3.63, 3.8) is 0 Å². The van der Waals surface area contributed by atoms with E-state index in [-0.39, 0.29) is 12.2 Å². The summed E-state index contributed by atoms with van der Waals surface area (Å²) in [5.74, 6) is -0.545. The highest BCUT2D eigenvalue weighted by atomic mass is 14.9. The van der Waals surface area contributed by atoms with Gasteiger partial charge in [0, 0.05) is 7.41 Å². The van der Waals surface area contributed by atoms with E-state index < -0.39 is 5.89 Å². The number of hydrogen-bond acceptors (Lipinski definition) is 0. The molecule has 1 saturated carbocycles. The standard InChI is InChI=1S/C24H28N/c1-16-13-17(2)18(3)23(14-16)24-22-10-9-20(19-7-5-6-8-19)15-21(22)11-12-25(24)4/h9-15,19H,5-8H2,1-4H3/q+1/i11D,12D,19D. The van der Waals surface area contributed by atoms with Crippen molar-refractivity contribution >= 4 is 10.8 Å². The SMILES string of the molecule is [2H]c1c([2H])[n+](C)c(-c2cc(C)cc(C)c2C)c2ccc(C3([2H])CCCC3)cc12. The molecule has 1 heteroatoms. The van der Waals surface area contributed by atoms with Gasteiger partial charge in [0.05, 0.1) is 12.3 Å². The number of nitrogens with zero attached hydrogens (tertiary/aromatic N) is 1. The van der Waals surface area contributed by atoms with Crippen LogP contribution < -0.4 is 4.57 Å². The van der Waals surface area contributed by atoms with Crippen molar-refractivity contribution < 1.29 is 8.68 Å². The summed E-state index contributed by atoms with van der Waals surface area (Å²) in [4.78, 5) is 0. The van der Waals surface area contributed by atoms with Gasteiger partial charge in [-0.2, -0.15) is 0 Å². The molecule has 0 bridgehead atoms. The molecule has 3 aromatic rings. The van der Waals surface area contributed by atoms with Gasteiger partial charge in [-0.1, -0.05) is 36.6 Å². The Hall–Kier alpha value is -2.15. The lowest BCUT2D eigenvalue weighted by Gasteiger charge is -2.14. The lowest BCUT2D eigenvalue weighted by Crippen LogP contribution is -2.30. The minimum Gasteiger partial charge on any atom is -0.200 e. The molecule has 2 aromatic carbocycles. The Morgan fingerprint density at radius 1 is 1.08 bits per heavy atom. The van der Waals surface area contributed by atoms with Crippen LogP contribution in [0.2, 0.25) is 0 Å². The zero-order chi connectivity index (χ0) is 20.2. The van der Waals surface area contributed by atoms with Gasteiger partial charge in [0.1, 0.15) is 8.42 Å². The van der Waals surface area contributed by atoms with Gasteiger partial charge < -0.3 is 0 Å². The molecule has 1 aliphatic rings. The van der Waals surface area contributed by atoms with E-state index in [0.29, 0.717) is 0 Å². The number of pyridine rings is 1. The van der Waals surface area contributed by atoms with Crippen LogP contribution in [0, 0.1) is 20.8 Å². The molecular weight excluding hydrogens is 302 g/mol. The van der Waals surface area contributed by atoms with Crippen molar-refractivity contribution in [3.05, 3.63) is 64.8 Å². The second-order valence-corrected chi connectivity index (χ2v) is 7.47. The third-order valence-corrected chi connectivity index (χ3v) is 5.65. The third kappa shape index (κ3) is 2.86. The lowest BCUT2D eigenvalue weighted by atomic mass is 9.92. The molecule has 1 fully saturated rings. The van der Waals surface area contributed by atoms with Crippen molar-refractivity contribution in [1.29, 1.82) is 0 Å². The van der Waals surface area contributed by atoms with Crippen molar-refractivity contribution in [2.75, 3.05) is 0 Å². The molecular formula is C24H28N+. The fraction of sp³-hybridized carbons (Fsp3) is 0.375. The maximum atomic E-state index is 8.86. The van der Waals surface area contributed by atoms with Gasteiger partial charge in [0.25, 0.3) is 0 Å². The quantitative estimate of drug-likeness (QED) is 0.513. The average Bonchev–Trinajstić information content (AvgIpc) is 3.11. The molecule has 1 aliphatic carbocycles. The minimum atomic E-state index is -0.545. The Bertz CT molecular complexity index is 1100. The van der Waals surface area contributed by atoms with E-state index in [1.807, 2.05) is 17.7 Å². The molecule has 1 heterocycles. The van der Waals surface area contributed by atoms with Crippen molar-refractivity contribution in [1.82, 2.24) is 0 Å². The van der Waals surface area contributed by atoms with E-state index in [4.69, 9.17) is 4.11 Å². The summed E-state index contributed by atoms with van der Waals surface area (Å²) in [6.45, 7) is 6.34. The molecule has 4 rings (SSSR count). The van der Waals surface area contributed by atoms with Crippen LogP contribution in [0.15, 0.2) is 42.5 Å². The van der Waals surface area contributed by atoms with Gasteiger partial charge in [-0.15, -0.1) is 0 Å². The molecule has 0 saturated heterocycles. The van der Waals surface area contributed by atoms with E-state index in [0.717, 1.165) is 53.3 Å². The van der Waals surface area contributed by atoms with Crippen LogP contribution in [-0.2, 0) is 7.05 Å². The average molecular weight is 334 g/mol. The molecule has 0 amide bonds. The van der Waals surface area contributed by atoms with E-state index in [2.05, 4.69) is 45.0 Å². The van der Waals surface area contributed by atoms with Crippen molar-refractivity contribution in [3.8, 4) is 11.3 Å². The Morgan fingerprint density at radius 2 is 1.84 bits per heavy atom. The van der Waals surface area contributed by atoms with Crippen LogP contribution in [0.4, 0.5) is 0 Å². The molecule has 0 radical (unpaired) electrons. The second kappa shape index (κ2) is 6.29. The molecule has 0 N–H and O–H groups in total. The fourth-order valence-electron chi connectivity index (χ4n) is 4.16. The lowest BCUT2D eigenvalue weighted by molar-refractivity contribution is -0.659. The smallest absolute Gasteiger partial charge is 0.200 e. The number of benzene rings is 2. The van der Waals surface area contributed by atoms with E-state index in [9.17, 15) is 0 Å². The van der Waals surface area contributed by atoms with E-state index in [1.165, 1.54) is 16.7 Å². The minimum absolute atomic E-state index is 0.212. The molecule has 0 spiro atoms. The molecule has 0 aliphatic heterocycles. The van der Waals surface area contributed by atoms with Gasteiger partial charge in [-0.25, -0.2) is 4.57 Å². The topological polar surface area (TPSA) is 3.88 Å². The summed E-state index contributed by atoms with van der Waals surface area (Å²) in [6.07, 6.45) is 4.15. The summed E-state index contributed by atoms with van der Waals surface area (Å²) in [5.41, 5.74) is 6.72. The molecule has 0 unspecified atom stereocenters. The Labute approximate surface area is 155 Å². The first-order chi connectivity index (χ1) is 13.2. The van der Waals surface area contributed by atoms with Gasteiger partial charge in [0.15, 0.2) is 6.17 Å². The maximum absolute atomic E-state index is 8.86. The monoisotopic (exact) mass is 333 g/mol. The summed E-state index contributed by atoms with van der Waals surface area (Å²) >= 11 is 0. The van der Waals surface area contributed by atoms with Gasteiger partial charge in [-0.05, 0) is 73.7 Å². The second-order valence-electron chi connectivity index (χ2n) is 7.47. The number of fused-ring (bicyclic) bond motifs is 1. The summed E-state index contributed by atoms with van der Waals surface area (Å²) in [7, 11) is 1.88. The number of hydrogen-bond donors (Lipinski definition) is 0. The molecule has 0 atom stereocenters. The van der Waals surface area contributed by atoms with Gasteiger partial charge >= 0.3 is 0 Å². The Morgan fingerprint density at radius 3 is 2.60 bits per heavy atom.